The number of hydrogen-bond acceptors (Lipinski definition) is 9. The fourth-order valence-electron chi connectivity index (χ4n) is 3.22. The maximum Gasteiger partial charge on any atom is 0.184 e. The molecule has 30 heavy (non-hydrogen) atoms. The molecule has 1 unspecified atom stereocenters. The SMILES string of the molecule is COCCOc1cc2nc(C(N)CCCN)c3nnc(C)n3c2cc1OCCOC. The van der Waals surface area contributed by atoms with Crippen molar-refractivity contribution in [2.24, 2.45) is 11.5 Å². The number of aryl methyl sites for hydroxylation is 1. The van der Waals surface area contributed by atoms with Crippen LogP contribution in [0.2, 0.25) is 0 Å². The predicted octanol–water partition coefficient (Wildman–Crippen LogP) is 1.38. The van der Waals surface area contributed by atoms with Gasteiger partial charge in [0.25, 0.3) is 0 Å². The maximum atomic E-state index is 6.41. The standard InChI is InChI=1S/C20H30N6O4/c1-13-24-25-20-19(14(22)5-4-6-21)23-15-11-17(29-9-7-27-2)18(30-10-8-28-3)12-16(15)26(13)20/h11-12,14H,4-10,21-22H2,1-3H3. The molecule has 0 radical (unpaired) electrons. The summed E-state index contributed by atoms with van der Waals surface area (Å²) in [6.07, 6.45) is 1.52. The second kappa shape index (κ2) is 10.5. The first kappa shape index (κ1) is 22.2. The molecule has 0 saturated heterocycles. The molecule has 4 N–H and O–H groups in total. The number of methoxy groups -OCH3 is 2. The van der Waals surface area contributed by atoms with Gasteiger partial charge in [0.05, 0.1) is 30.3 Å². The minimum absolute atomic E-state index is 0.292. The topological polar surface area (TPSA) is 132 Å². The molecular weight excluding hydrogens is 388 g/mol. The van der Waals surface area contributed by atoms with Crippen LogP contribution in [0.3, 0.4) is 0 Å². The molecule has 0 aliphatic carbocycles. The van der Waals surface area contributed by atoms with E-state index in [4.69, 9.17) is 35.4 Å². The Morgan fingerprint density at radius 3 is 2.30 bits per heavy atom. The van der Waals surface area contributed by atoms with Crippen molar-refractivity contribution in [1.29, 1.82) is 0 Å². The molecule has 0 amide bonds. The molecule has 0 aliphatic rings. The summed E-state index contributed by atoms with van der Waals surface area (Å²) in [6, 6.07) is 3.45. The van der Waals surface area contributed by atoms with Crippen molar-refractivity contribution < 1.29 is 18.9 Å². The summed E-state index contributed by atoms with van der Waals surface area (Å²) in [5, 5.41) is 8.56. The molecule has 1 aromatic carbocycles. The Morgan fingerprint density at radius 1 is 1.00 bits per heavy atom. The van der Waals surface area contributed by atoms with Crippen LogP contribution in [-0.4, -0.2) is 66.8 Å². The van der Waals surface area contributed by atoms with Gasteiger partial charge < -0.3 is 30.4 Å². The van der Waals surface area contributed by atoms with Crippen LogP contribution in [0.4, 0.5) is 0 Å². The van der Waals surface area contributed by atoms with Gasteiger partial charge in [0.15, 0.2) is 17.1 Å². The summed E-state index contributed by atoms with van der Waals surface area (Å²) < 4.78 is 23.9. The third kappa shape index (κ3) is 4.78. The maximum absolute atomic E-state index is 6.41. The molecule has 10 heteroatoms. The van der Waals surface area contributed by atoms with Crippen LogP contribution < -0.4 is 20.9 Å². The van der Waals surface area contributed by atoms with Gasteiger partial charge in [0.2, 0.25) is 0 Å². The number of ether oxygens (including phenoxy) is 4. The van der Waals surface area contributed by atoms with Crippen molar-refractivity contribution >= 4 is 16.7 Å². The summed E-state index contributed by atoms with van der Waals surface area (Å²) in [6.45, 7) is 4.17. The molecular formula is C20H30N6O4. The molecule has 10 nitrogen and oxygen atoms in total. The fraction of sp³-hybridized carbons (Fsp3) is 0.550. The zero-order valence-electron chi connectivity index (χ0n) is 17.8. The van der Waals surface area contributed by atoms with Crippen molar-refractivity contribution in [3.05, 3.63) is 23.7 Å². The lowest BCUT2D eigenvalue weighted by atomic mass is 10.1. The van der Waals surface area contributed by atoms with Gasteiger partial charge in [0, 0.05) is 26.4 Å². The third-order valence-electron chi connectivity index (χ3n) is 4.74. The third-order valence-corrected chi connectivity index (χ3v) is 4.74. The van der Waals surface area contributed by atoms with Gasteiger partial charge in [-0.05, 0) is 26.3 Å². The second-order valence-corrected chi connectivity index (χ2v) is 6.91. The highest BCUT2D eigenvalue weighted by atomic mass is 16.5. The number of hydrogen-bond donors (Lipinski definition) is 2. The first-order valence-corrected chi connectivity index (χ1v) is 9.99. The lowest BCUT2D eigenvalue weighted by Crippen LogP contribution is -2.16. The zero-order chi connectivity index (χ0) is 21.5. The van der Waals surface area contributed by atoms with Crippen LogP contribution in [0.25, 0.3) is 16.7 Å². The Bertz CT molecular complexity index is 977. The number of benzene rings is 1. The quantitative estimate of drug-likeness (QED) is 0.418. The summed E-state index contributed by atoms with van der Waals surface area (Å²) in [5.74, 6) is 1.90. The molecule has 164 valence electrons. The molecule has 0 spiro atoms. The monoisotopic (exact) mass is 418 g/mol. The number of fused-ring (bicyclic) bond motifs is 3. The molecule has 3 rings (SSSR count). The summed E-state index contributed by atoms with van der Waals surface area (Å²) in [7, 11) is 3.25. The first-order chi connectivity index (χ1) is 14.6. The van der Waals surface area contributed by atoms with Gasteiger partial charge in [-0.1, -0.05) is 0 Å². The summed E-state index contributed by atoms with van der Waals surface area (Å²) in [5.41, 5.74) is 14.9. The zero-order valence-corrected chi connectivity index (χ0v) is 17.8. The molecule has 1 atom stereocenters. The fourth-order valence-corrected chi connectivity index (χ4v) is 3.22. The van der Waals surface area contributed by atoms with Crippen LogP contribution in [0.5, 0.6) is 11.5 Å². The van der Waals surface area contributed by atoms with E-state index < -0.39 is 0 Å². The van der Waals surface area contributed by atoms with Gasteiger partial charge in [-0.15, -0.1) is 10.2 Å². The highest BCUT2D eigenvalue weighted by Gasteiger charge is 2.20. The number of aromatic nitrogens is 4. The molecule has 2 heterocycles. The van der Waals surface area contributed by atoms with Crippen molar-refractivity contribution in [2.75, 3.05) is 47.2 Å². The van der Waals surface area contributed by atoms with Crippen molar-refractivity contribution in [3.63, 3.8) is 0 Å². The van der Waals surface area contributed by atoms with E-state index in [1.165, 1.54) is 0 Å². The van der Waals surface area contributed by atoms with Gasteiger partial charge >= 0.3 is 0 Å². The van der Waals surface area contributed by atoms with Crippen LogP contribution in [0.15, 0.2) is 12.1 Å². The Labute approximate surface area is 175 Å². The van der Waals surface area contributed by atoms with E-state index in [-0.39, 0.29) is 6.04 Å². The van der Waals surface area contributed by atoms with E-state index in [0.29, 0.717) is 62.2 Å². The minimum Gasteiger partial charge on any atom is -0.487 e. The lowest BCUT2D eigenvalue weighted by molar-refractivity contribution is 0.132. The highest BCUT2D eigenvalue weighted by molar-refractivity contribution is 5.82. The minimum atomic E-state index is -0.292. The Kier molecular flexibility index (Phi) is 7.75. The van der Waals surface area contributed by atoms with Crippen molar-refractivity contribution in [3.8, 4) is 11.5 Å². The van der Waals surface area contributed by atoms with E-state index >= 15 is 0 Å². The smallest absolute Gasteiger partial charge is 0.184 e. The van der Waals surface area contributed by atoms with Crippen LogP contribution >= 0.6 is 0 Å². The Balaban J connectivity index is 2.12. The summed E-state index contributed by atoms with van der Waals surface area (Å²) >= 11 is 0. The molecule has 0 aliphatic heterocycles. The van der Waals surface area contributed by atoms with Gasteiger partial charge in [-0.25, -0.2) is 4.98 Å². The van der Waals surface area contributed by atoms with Gasteiger partial charge in [-0.3, -0.25) is 4.40 Å². The number of nitrogens with zero attached hydrogens (tertiary/aromatic N) is 4. The van der Waals surface area contributed by atoms with E-state index in [1.54, 1.807) is 14.2 Å². The summed E-state index contributed by atoms with van der Waals surface area (Å²) in [4.78, 5) is 4.82. The molecule has 0 fully saturated rings. The highest BCUT2D eigenvalue weighted by Crippen LogP contribution is 2.34. The average molecular weight is 418 g/mol. The van der Waals surface area contributed by atoms with Crippen molar-refractivity contribution in [1.82, 2.24) is 19.6 Å². The van der Waals surface area contributed by atoms with Crippen LogP contribution in [0, 0.1) is 6.92 Å². The molecule has 2 aromatic heterocycles. The van der Waals surface area contributed by atoms with Gasteiger partial charge in [0.1, 0.15) is 24.7 Å². The van der Waals surface area contributed by atoms with Crippen LogP contribution in [0.1, 0.15) is 30.4 Å². The molecule has 0 bridgehead atoms. The first-order valence-electron chi connectivity index (χ1n) is 9.99. The van der Waals surface area contributed by atoms with Crippen LogP contribution in [-0.2, 0) is 9.47 Å². The normalized spacial score (nSPS) is 12.6. The second-order valence-electron chi connectivity index (χ2n) is 6.91. The van der Waals surface area contributed by atoms with E-state index in [0.717, 1.165) is 23.3 Å². The van der Waals surface area contributed by atoms with E-state index in [9.17, 15) is 0 Å². The number of nitrogens with two attached hydrogens (primary N) is 2. The van der Waals surface area contributed by atoms with E-state index in [2.05, 4.69) is 10.2 Å². The predicted molar refractivity (Wildman–Crippen MR) is 113 cm³/mol. The van der Waals surface area contributed by atoms with Gasteiger partial charge in [-0.2, -0.15) is 0 Å². The van der Waals surface area contributed by atoms with E-state index in [1.807, 2.05) is 23.5 Å². The lowest BCUT2D eigenvalue weighted by Gasteiger charge is -2.17. The molecule has 0 saturated carbocycles. The molecule has 3 aromatic rings. The largest absolute Gasteiger partial charge is 0.487 e. The Morgan fingerprint density at radius 2 is 1.67 bits per heavy atom. The Hall–Kier alpha value is -2.53. The average Bonchev–Trinajstić information content (AvgIpc) is 3.14. The van der Waals surface area contributed by atoms with Crippen molar-refractivity contribution in [2.45, 2.75) is 25.8 Å². The number of rotatable bonds is 12.